The Bertz CT molecular complexity index is 2790. The molecule has 0 saturated carbocycles. The van der Waals surface area contributed by atoms with Crippen molar-refractivity contribution < 1.29 is 33.4 Å². The van der Waals surface area contributed by atoms with E-state index in [0.717, 1.165) is 81.2 Å². The van der Waals surface area contributed by atoms with E-state index in [1.807, 2.05) is 73.2 Å². The molecule has 9 rings (SSSR count). The number of hydrogen-bond acceptors (Lipinski definition) is 9. The molecule has 15 heteroatoms. The number of nitrogens with one attached hydrogen (secondary N) is 4. The first-order chi connectivity index (χ1) is 31.2. The van der Waals surface area contributed by atoms with Gasteiger partial charge in [-0.3, -0.25) is 9.59 Å². The largest absolute Gasteiger partial charge is 0.488 e. The molecule has 3 aliphatic heterocycles. The molecule has 0 spiro atoms. The first-order valence-electron chi connectivity index (χ1n) is 22.5. The van der Waals surface area contributed by atoms with Crippen LogP contribution in [0.15, 0.2) is 79.0 Å². The number of aromatic amines is 2. The van der Waals surface area contributed by atoms with Crippen LogP contribution in [-0.2, 0) is 25.7 Å². The number of H-pyrrole nitrogens is 2. The number of aromatic nitrogens is 4. The fourth-order valence-electron chi connectivity index (χ4n) is 9.61. The number of fused-ring (bicyclic) bond motifs is 6. The summed E-state index contributed by atoms with van der Waals surface area (Å²) in [7, 11) is 1.29. The van der Waals surface area contributed by atoms with Crippen LogP contribution in [0.4, 0.5) is 9.59 Å². The third-order valence-electron chi connectivity index (χ3n) is 12.8. The van der Waals surface area contributed by atoms with Crippen LogP contribution in [-0.4, -0.2) is 85.1 Å². The number of carbonyl (C=O) groups excluding carboxylic acids is 4. The Labute approximate surface area is 377 Å². The van der Waals surface area contributed by atoms with Gasteiger partial charge in [0, 0.05) is 23.5 Å². The first-order valence-corrected chi connectivity index (χ1v) is 22.5. The number of likely N-dealkylation sites (tertiary alicyclic amines) is 2. The molecule has 3 aliphatic rings. The van der Waals surface area contributed by atoms with Crippen molar-refractivity contribution in [1.29, 1.82) is 0 Å². The van der Waals surface area contributed by atoms with E-state index in [1.54, 1.807) is 20.8 Å². The molecule has 2 aromatic heterocycles. The maximum atomic E-state index is 14.4. The molecule has 0 bridgehead atoms. The van der Waals surface area contributed by atoms with E-state index in [0.29, 0.717) is 30.4 Å². The number of carbonyl (C=O) groups is 4. The van der Waals surface area contributed by atoms with Crippen LogP contribution < -0.4 is 15.4 Å². The van der Waals surface area contributed by atoms with Gasteiger partial charge in [-0.05, 0) is 111 Å². The van der Waals surface area contributed by atoms with E-state index in [9.17, 15) is 19.2 Å². The normalized spacial score (nSPS) is 19.1. The van der Waals surface area contributed by atoms with Crippen molar-refractivity contribution in [2.75, 3.05) is 13.7 Å². The highest BCUT2D eigenvalue weighted by Gasteiger charge is 2.42. The molecule has 2 fully saturated rings. The summed E-state index contributed by atoms with van der Waals surface area (Å²) in [5.41, 5.74) is 6.48. The number of nitrogens with zero attached hydrogens (tertiary/aromatic N) is 4. The molecule has 4 amide bonds. The van der Waals surface area contributed by atoms with Crippen molar-refractivity contribution in [3.8, 4) is 28.1 Å². The molecule has 4 N–H and O–H groups in total. The summed E-state index contributed by atoms with van der Waals surface area (Å²) in [5.74, 6) is 1.65. The summed E-state index contributed by atoms with van der Waals surface area (Å²) in [6, 6.07) is 21.6. The number of ether oxygens (including phenoxy) is 3. The maximum Gasteiger partial charge on any atom is 0.408 e. The Kier molecular flexibility index (Phi) is 11.5. The van der Waals surface area contributed by atoms with Crippen LogP contribution in [0.5, 0.6) is 5.75 Å². The molecule has 6 aromatic rings. The average molecular weight is 881 g/mol. The molecule has 338 valence electrons. The highest BCUT2D eigenvalue weighted by molar-refractivity contribution is 6.07. The quantitative estimate of drug-likeness (QED) is 0.110. The number of rotatable bonds is 9. The molecule has 15 nitrogen and oxygen atoms in total. The Morgan fingerprint density at radius 2 is 1.66 bits per heavy atom. The molecule has 5 heterocycles. The molecular formula is C50H56N8O7. The van der Waals surface area contributed by atoms with E-state index in [1.165, 1.54) is 7.11 Å². The van der Waals surface area contributed by atoms with E-state index >= 15 is 0 Å². The number of methoxy groups -OCH3 is 1. The molecule has 0 radical (unpaired) electrons. The van der Waals surface area contributed by atoms with E-state index < -0.39 is 29.9 Å². The van der Waals surface area contributed by atoms with Crippen LogP contribution >= 0.6 is 0 Å². The van der Waals surface area contributed by atoms with Gasteiger partial charge in [0.15, 0.2) is 0 Å². The van der Waals surface area contributed by atoms with Gasteiger partial charge in [-0.25, -0.2) is 19.6 Å². The van der Waals surface area contributed by atoms with Crippen molar-refractivity contribution in [3.63, 3.8) is 0 Å². The van der Waals surface area contributed by atoms with E-state index in [4.69, 9.17) is 24.2 Å². The predicted octanol–water partition coefficient (Wildman–Crippen LogP) is 9.03. The summed E-state index contributed by atoms with van der Waals surface area (Å²) in [6.07, 6.45) is 3.61. The van der Waals surface area contributed by atoms with Gasteiger partial charge in [-0.15, -0.1) is 0 Å². The fourth-order valence-corrected chi connectivity index (χ4v) is 9.61. The minimum absolute atomic E-state index is 0.0205. The Morgan fingerprint density at radius 1 is 0.862 bits per heavy atom. The maximum absolute atomic E-state index is 14.4. The third-order valence-corrected chi connectivity index (χ3v) is 12.8. The lowest BCUT2D eigenvalue weighted by Crippen LogP contribution is -2.52. The minimum atomic E-state index is -0.928. The van der Waals surface area contributed by atoms with Gasteiger partial charge in [0.2, 0.25) is 5.91 Å². The monoisotopic (exact) mass is 880 g/mol. The van der Waals surface area contributed by atoms with Gasteiger partial charge in [0.1, 0.15) is 41.7 Å². The predicted molar refractivity (Wildman–Crippen MR) is 246 cm³/mol. The van der Waals surface area contributed by atoms with Crippen molar-refractivity contribution in [1.82, 2.24) is 40.4 Å². The van der Waals surface area contributed by atoms with Gasteiger partial charge in [-0.1, -0.05) is 62.4 Å². The second-order valence-electron chi connectivity index (χ2n) is 18.7. The topological polar surface area (TPSA) is 184 Å². The van der Waals surface area contributed by atoms with Crippen LogP contribution in [0, 0.1) is 5.92 Å². The second kappa shape index (κ2) is 17.2. The van der Waals surface area contributed by atoms with Crippen molar-refractivity contribution in [3.05, 3.63) is 102 Å². The Hall–Kier alpha value is -6.90. The molecule has 65 heavy (non-hydrogen) atoms. The summed E-state index contributed by atoms with van der Waals surface area (Å²) >= 11 is 0. The van der Waals surface area contributed by atoms with Crippen LogP contribution in [0.1, 0.15) is 108 Å². The van der Waals surface area contributed by atoms with Gasteiger partial charge in [0.25, 0.3) is 5.91 Å². The molecule has 4 aromatic carbocycles. The molecule has 2 saturated heterocycles. The zero-order valence-corrected chi connectivity index (χ0v) is 37.9. The number of alkyl carbamates (subject to hydrolysis) is 2. The molecular weight excluding hydrogens is 825 g/mol. The third kappa shape index (κ3) is 8.47. The van der Waals surface area contributed by atoms with E-state index in [2.05, 4.69) is 57.0 Å². The van der Waals surface area contributed by atoms with Crippen molar-refractivity contribution >= 4 is 45.8 Å². The summed E-state index contributed by atoms with van der Waals surface area (Å²) in [6.45, 7) is 12.1. The lowest BCUT2D eigenvalue weighted by molar-refractivity contribution is -0.137. The highest BCUT2D eigenvalue weighted by Crippen LogP contribution is 2.44. The summed E-state index contributed by atoms with van der Waals surface area (Å²) in [5, 5.41) is 7.51. The average Bonchev–Trinajstić information content (AvgIpc) is 4.12. The zero-order valence-electron chi connectivity index (χ0n) is 37.9. The van der Waals surface area contributed by atoms with E-state index in [-0.39, 0.29) is 35.9 Å². The van der Waals surface area contributed by atoms with Gasteiger partial charge >= 0.3 is 12.2 Å². The second-order valence-corrected chi connectivity index (χ2v) is 18.7. The smallest absolute Gasteiger partial charge is 0.408 e. The Morgan fingerprint density at radius 3 is 2.42 bits per heavy atom. The van der Waals surface area contributed by atoms with Crippen molar-refractivity contribution in [2.24, 2.45) is 5.92 Å². The first kappa shape index (κ1) is 43.4. The lowest BCUT2D eigenvalue weighted by atomic mass is 9.92. The van der Waals surface area contributed by atoms with Gasteiger partial charge in [-0.2, -0.15) is 0 Å². The van der Waals surface area contributed by atoms with Crippen LogP contribution in [0.25, 0.3) is 44.2 Å². The van der Waals surface area contributed by atoms with Crippen LogP contribution in [0.3, 0.4) is 0 Å². The van der Waals surface area contributed by atoms with Crippen LogP contribution in [0.2, 0.25) is 0 Å². The number of benzene rings is 4. The molecule has 0 aliphatic carbocycles. The molecule has 0 unspecified atom stereocenters. The fraction of sp³-hybridized carbons (Fsp3) is 0.400. The SMILES string of the molecule is COC(=O)N[C@H](C(=O)N1[C@@H](C)CC[C@H]1c1ncc(-c2ccc3c(c2)COc2cc4c(ccc5[nH]c([C@@H]6CCCN6C(=O)[C@H](NC(=O)OC(C)(C)C)c6ccccc6)nc54)cc2-3)[nH]1)C(C)C. The van der Waals surface area contributed by atoms with Crippen molar-refractivity contribution in [2.45, 2.75) is 110 Å². The number of amides is 4. The summed E-state index contributed by atoms with van der Waals surface area (Å²) < 4.78 is 16.8. The van der Waals surface area contributed by atoms with Gasteiger partial charge in [0.05, 0.1) is 42.1 Å². The Balaban J connectivity index is 0.957. The molecule has 5 atom stereocenters. The lowest BCUT2D eigenvalue weighted by Gasteiger charge is -2.32. The zero-order chi connectivity index (χ0) is 45.7. The number of imidazole rings is 2. The minimum Gasteiger partial charge on any atom is -0.488 e. The summed E-state index contributed by atoms with van der Waals surface area (Å²) in [4.78, 5) is 74.0. The van der Waals surface area contributed by atoms with Gasteiger partial charge < -0.3 is 44.6 Å². The standard InChI is InChI=1S/C50H56N8O7/c1-27(2)41(55-48(61)63-7)47(60)58-28(3)15-20-39(58)44-51-25-37(53-44)31-16-18-33-32(22-31)26-64-40-24-34-30(23-35(33)40)17-19-36-43(34)54-45(52-36)38-14-11-21-57(38)46(59)42(29-12-9-8-10-13-29)56-49(62)65-50(4,5)6/h8-10,12-13,16-19,22-25,27-28,38-39,41-42H,11,14-15,20-21,26H2,1-7H3,(H,51,53)(H,52,54)(H,55,61)(H,56,62)/t28-,38-,39-,41-,42+/m0/s1. The number of hydrogen-bond donors (Lipinski definition) is 4. The highest BCUT2D eigenvalue weighted by atomic mass is 16.6.